The fourth-order valence-electron chi connectivity index (χ4n) is 1.04. The van der Waals surface area contributed by atoms with Crippen molar-refractivity contribution in [2.75, 3.05) is 12.3 Å². The van der Waals surface area contributed by atoms with Crippen LogP contribution in [0.2, 0.25) is 0 Å². The number of nitrogens with zero attached hydrogens (tertiary/aromatic N) is 1. The van der Waals surface area contributed by atoms with Crippen molar-refractivity contribution >= 4 is 28.9 Å². The van der Waals surface area contributed by atoms with E-state index < -0.39 is 0 Å². The van der Waals surface area contributed by atoms with Crippen LogP contribution < -0.4 is 11.1 Å². The predicted molar refractivity (Wildman–Crippen MR) is 70.9 cm³/mol. The third-order valence-electron chi connectivity index (χ3n) is 2.21. The minimum absolute atomic E-state index is 0. The van der Waals surface area contributed by atoms with Gasteiger partial charge in [-0.05, 0) is 5.41 Å². The number of nitrogen functional groups attached to an aromatic ring is 1. The SMILES string of the molecule is CC(C)(C)C(O)CNCc1cnc(N)s1.Cl. The van der Waals surface area contributed by atoms with Gasteiger partial charge in [0.15, 0.2) is 5.13 Å². The van der Waals surface area contributed by atoms with Gasteiger partial charge in [-0.2, -0.15) is 0 Å². The van der Waals surface area contributed by atoms with Crippen LogP contribution in [0.25, 0.3) is 0 Å². The number of rotatable bonds is 4. The fraction of sp³-hybridized carbons (Fsp3) is 0.700. The number of aliphatic hydroxyl groups excluding tert-OH is 1. The largest absolute Gasteiger partial charge is 0.391 e. The van der Waals surface area contributed by atoms with Crippen LogP contribution >= 0.6 is 23.7 Å². The predicted octanol–water partition coefficient (Wildman–Crippen LogP) is 1.64. The smallest absolute Gasteiger partial charge is 0.180 e. The maximum Gasteiger partial charge on any atom is 0.180 e. The number of hydrogen-bond donors (Lipinski definition) is 3. The van der Waals surface area contributed by atoms with E-state index in [1.165, 1.54) is 11.3 Å². The quantitative estimate of drug-likeness (QED) is 0.774. The van der Waals surface area contributed by atoms with E-state index in [0.29, 0.717) is 18.2 Å². The molecule has 0 saturated heterocycles. The van der Waals surface area contributed by atoms with Gasteiger partial charge < -0.3 is 16.2 Å². The van der Waals surface area contributed by atoms with Crippen molar-refractivity contribution in [3.8, 4) is 0 Å². The first kappa shape index (κ1) is 15.6. The van der Waals surface area contributed by atoms with E-state index >= 15 is 0 Å². The third-order valence-corrected chi connectivity index (χ3v) is 3.03. The summed E-state index contributed by atoms with van der Waals surface area (Å²) in [6.45, 7) is 7.35. The van der Waals surface area contributed by atoms with Crippen LogP contribution in [-0.2, 0) is 6.54 Å². The van der Waals surface area contributed by atoms with E-state index in [9.17, 15) is 5.11 Å². The van der Waals surface area contributed by atoms with Gasteiger partial charge in [0, 0.05) is 24.2 Å². The molecular weight excluding hydrogens is 246 g/mol. The lowest BCUT2D eigenvalue weighted by molar-refractivity contribution is 0.0628. The Balaban J connectivity index is 0.00000225. The number of nitrogens with one attached hydrogen (secondary N) is 1. The molecule has 1 atom stereocenters. The summed E-state index contributed by atoms with van der Waals surface area (Å²) in [5.74, 6) is 0. The zero-order chi connectivity index (χ0) is 11.5. The molecule has 0 fully saturated rings. The molecule has 1 heterocycles. The van der Waals surface area contributed by atoms with Crippen molar-refractivity contribution in [2.45, 2.75) is 33.4 Å². The summed E-state index contributed by atoms with van der Waals surface area (Å²) in [6, 6.07) is 0. The summed E-state index contributed by atoms with van der Waals surface area (Å²) in [5, 5.41) is 13.5. The number of aromatic nitrogens is 1. The Morgan fingerprint density at radius 2 is 2.19 bits per heavy atom. The second-order valence-electron chi connectivity index (χ2n) is 4.68. The van der Waals surface area contributed by atoms with Crippen LogP contribution in [-0.4, -0.2) is 22.7 Å². The van der Waals surface area contributed by atoms with Crippen LogP contribution in [0.3, 0.4) is 0 Å². The molecule has 0 bridgehead atoms. The number of aliphatic hydroxyl groups is 1. The van der Waals surface area contributed by atoms with Crippen LogP contribution in [0.1, 0.15) is 25.6 Å². The fourth-order valence-corrected chi connectivity index (χ4v) is 1.70. The lowest BCUT2D eigenvalue weighted by Crippen LogP contribution is -2.36. The Hall–Kier alpha value is -0.360. The average Bonchev–Trinajstić information content (AvgIpc) is 2.49. The molecule has 4 nitrogen and oxygen atoms in total. The summed E-state index contributed by atoms with van der Waals surface area (Å²) in [7, 11) is 0. The first-order chi connectivity index (χ1) is 6.89. The van der Waals surface area contributed by atoms with Gasteiger partial charge in [0.2, 0.25) is 0 Å². The molecule has 0 amide bonds. The molecule has 94 valence electrons. The Kier molecular flexibility index (Phi) is 6.25. The molecule has 0 aromatic carbocycles. The number of anilines is 1. The summed E-state index contributed by atoms with van der Waals surface area (Å²) in [6.07, 6.45) is 1.42. The standard InChI is InChI=1S/C10H19N3OS.ClH/c1-10(2,3)8(14)6-12-4-7-5-13-9(11)15-7;/h5,8,12,14H,4,6H2,1-3H3,(H2,11,13);1H. The lowest BCUT2D eigenvalue weighted by atomic mass is 9.89. The van der Waals surface area contributed by atoms with Gasteiger partial charge in [-0.1, -0.05) is 20.8 Å². The lowest BCUT2D eigenvalue weighted by Gasteiger charge is -2.25. The second kappa shape index (κ2) is 6.39. The molecule has 1 unspecified atom stereocenters. The van der Waals surface area contributed by atoms with E-state index in [-0.39, 0.29) is 23.9 Å². The molecule has 1 aromatic heterocycles. The average molecular weight is 266 g/mol. The van der Waals surface area contributed by atoms with Crippen molar-refractivity contribution in [2.24, 2.45) is 5.41 Å². The first-order valence-electron chi connectivity index (χ1n) is 4.98. The van der Waals surface area contributed by atoms with Crippen molar-refractivity contribution < 1.29 is 5.11 Å². The molecule has 0 aliphatic rings. The second-order valence-corrected chi connectivity index (χ2v) is 5.82. The normalized spacial score (nSPS) is 13.2. The van der Waals surface area contributed by atoms with Gasteiger partial charge >= 0.3 is 0 Å². The van der Waals surface area contributed by atoms with Gasteiger partial charge in [-0.25, -0.2) is 4.98 Å². The molecule has 0 aliphatic heterocycles. The van der Waals surface area contributed by atoms with Crippen LogP contribution in [0, 0.1) is 5.41 Å². The Morgan fingerprint density at radius 3 is 2.62 bits per heavy atom. The van der Waals surface area contributed by atoms with Crippen LogP contribution in [0.15, 0.2) is 6.20 Å². The van der Waals surface area contributed by atoms with Crippen LogP contribution in [0.5, 0.6) is 0 Å². The van der Waals surface area contributed by atoms with Gasteiger partial charge in [0.1, 0.15) is 0 Å². The maximum atomic E-state index is 9.77. The van der Waals surface area contributed by atoms with E-state index in [2.05, 4.69) is 10.3 Å². The Bertz CT molecular complexity index is 311. The number of thiazole rings is 1. The molecule has 6 heteroatoms. The molecule has 4 N–H and O–H groups in total. The number of halogens is 1. The monoisotopic (exact) mass is 265 g/mol. The zero-order valence-corrected chi connectivity index (χ0v) is 11.5. The van der Waals surface area contributed by atoms with Gasteiger partial charge in [0.25, 0.3) is 0 Å². The number of nitrogens with two attached hydrogens (primary N) is 1. The first-order valence-corrected chi connectivity index (χ1v) is 5.80. The van der Waals surface area contributed by atoms with Crippen molar-refractivity contribution in [3.63, 3.8) is 0 Å². The van der Waals surface area contributed by atoms with Crippen molar-refractivity contribution in [3.05, 3.63) is 11.1 Å². The van der Waals surface area contributed by atoms with Gasteiger partial charge in [-0.3, -0.25) is 0 Å². The molecule has 16 heavy (non-hydrogen) atoms. The molecule has 1 aromatic rings. The highest BCUT2D eigenvalue weighted by Gasteiger charge is 2.21. The highest BCUT2D eigenvalue weighted by Crippen LogP contribution is 2.18. The highest BCUT2D eigenvalue weighted by molar-refractivity contribution is 7.15. The molecule has 0 radical (unpaired) electrons. The number of hydrogen-bond acceptors (Lipinski definition) is 5. The van der Waals surface area contributed by atoms with E-state index in [1.54, 1.807) is 6.20 Å². The van der Waals surface area contributed by atoms with Crippen molar-refractivity contribution in [1.29, 1.82) is 0 Å². The van der Waals surface area contributed by atoms with Gasteiger partial charge in [-0.15, -0.1) is 23.7 Å². The molecular formula is C10H20ClN3OS. The summed E-state index contributed by atoms with van der Waals surface area (Å²) >= 11 is 1.47. The minimum atomic E-state index is -0.345. The Labute approximate surface area is 107 Å². The molecule has 0 spiro atoms. The highest BCUT2D eigenvalue weighted by atomic mass is 35.5. The Morgan fingerprint density at radius 1 is 1.56 bits per heavy atom. The zero-order valence-electron chi connectivity index (χ0n) is 9.86. The van der Waals surface area contributed by atoms with E-state index in [1.807, 2.05) is 20.8 Å². The summed E-state index contributed by atoms with van der Waals surface area (Å²) in [5.41, 5.74) is 5.43. The summed E-state index contributed by atoms with van der Waals surface area (Å²) in [4.78, 5) is 5.05. The topological polar surface area (TPSA) is 71.2 Å². The van der Waals surface area contributed by atoms with Gasteiger partial charge in [0.05, 0.1) is 6.10 Å². The maximum absolute atomic E-state index is 9.77. The third kappa shape index (κ3) is 5.12. The van der Waals surface area contributed by atoms with E-state index in [4.69, 9.17) is 5.73 Å². The molecule has 0 saturated carbocycles. The van der Waals surface area contributed by atoms with Crippen molar-refractivity contribution in [1.82, 2.24) is 10.3 Å². The summed E-state index contributed by atoms with van der Waals surface area (Å²) < 4.78 is 0. The minimum Gasteiger partial charge on any atom is -0.391 e. The molecule has 0 aliphatic carbocycles. The molecule has 1 rings (SSSR count). The van der Waals surface area contributed by atoms with Crippen LogP contribution in [0.4, 0.5) is 5.13 Å². The van der Waals surface area contributed by atoms with E-state index in [0.717, 1.165) is 4.88 Å².